The van der Waals surface area contributed by atoms with E-state index in [1.165, 1.54) is 6.54 Å². The summed E-state index contributed by atoms with van der Waals surface area (Å²) in [6, 6.07) is 0. The van der Waals surface area contributed by atoms with Gasteiger partial charge in [-0.2, -0.15) is 0 Å². The van der Waals surface area contributed by atoms with Gasteiger partial charge in [0.05, 0.1) is 6.61 Å². The van der Waals surface area contributed by atoms with E-state index >= 15 is 0 Å². The topological polar surface area (TPSA) is 12.5 Å². The van der Waals surface area contributed by atoms with Crippen molar-refractivity contribution < 1.29 is 4.74 Å². The van der Waals surface area contributed by atoms with Crippen molar-refractivity contribution in [3.05, 3.63) is 0 Å². The first kappa shape index (κ1) is 8.02. The van der Waals surface area contributed by atoms with Crippen molar-refractivity contribution in [2.75, 3.05) is 33.9 Å². The summed E-state index contributed by atoms with van der Waals surface area (Å²) in [4.78, 5) is 2.23. The fourth-order valence-corrected chi connectivity index (χ4v) is 1.41. The summed E-state index contributed by atoms with van der Waals surface area (Å²) in [5.41, 5.74) is 0. The first-order valence-electron chi connectivity index (χ1n) is 3.92. The molecule has 1 saturated heterocycles. The van der Waals surface area contributed by atoms with E-state index in [2.05, 4.69) is 25.9 Å². The Kier molecular flexibility index (Phi) is 2.69. The lowest BCUT2D eigenvalue weighted by Crippen LogP contribution is -2.25. The molecule has 1 aliphatic heterocycles. The molecule has 0 aliphatic carbocycles. The van der Waals surface area contributed by atoms with E-state index < -0.39 is 0 Å². The molecule has 1 aliphatic rings. The Morgan fingerprint density at radius 3 is 2.50 bits per heavy atom. The van der Waals surface area contributed by atoms with E-state index in [0.717, 1.165) is 25.0 Å². The highest BCUT2D eigenvalue weighted by atomic mass is 16.5. The molecule has 0 N–H and O–H groups in total. The van der Waals surface area contributed by atoms with E-state index in [-0.39, 0.29) is 0 Å². The predicted molar refractivity (Wildman–Crippen MR) is 42.0 cm³/mol. The summed E-state index contributed by atoms with van der Waals surface area (Å²) in [6.45, 7) is 5.35. The maximum Gasteiger partial charge on any atom is 0.0510 e. The van der Waals surface area contributed by atoms with Gasteiger partial charge >= 0.3 is 0 Å². The highest BCUT2D eigenvalue weighted by molar-refractivity contribution is 4.73. The van der Waals surface area contributed by atoms with Gasteiger partial charge in [-0.05, 0) is 25.9 Å². The van der Waals surface area contributed by atoms with Crippen molar-refractivity contribution in [2.45, 2.75) is 6.92 Å². The molecule has 60 valence electrons. The molecule has 0 aromatic carbocycles. The lowest BCUT2D eigenvalue weighted by Gasteiger charge is -2.17. The van der Waals surface area contributed by atoms with E-state index in [4.69, 9.17) is 4.74 Å². The van der Waals surface area contributed by atoms with Crippen LogP contribution >= 0.6 is 0 Å². The van der Waals surface area contributed by atoms with Crippen LogP contribution < -0.4 is 0 Å². The first-order chi connectivity index (χ1) is 4.70. The highest BCUT2D eigenvalue weighted by Gasteiger charge is 2.24. The molecule has 0 radical (unpaired) electrons. The van der Waals surface area contributed by atoms with Crippen LogP contribution in [-0.4, -0.2) is 38.8 Å². The van der Waals surface area contributed by atoms with Crippen LogP contribution in [0.5, 0.6) is 0 Å². The van der Waals surface area contributed by atoms with Crippen LogP contribution in [0.4, 0.5) is 0 Å². The molecular weight excluding hydrogens is 126 g/mol. The maximum atomic E-state index is 5.34. The normalized spacial score (nSPS) is 33.6. The van der Waals surface area contributed by atoms with Crippen molar-refractivity contribution in [3.63, 3.8) is 0 Å². The molecule has 0 aromatic heterocycles. The Morgan fingerprint density at radius 1 is 1.40 bits per heavy atom. The summed E-state index contributed by atoms with van der Waals surface area (Å²) in [5, 5.41) is 0. The number of ether oxygens (including phenoxy) is 1. The molecular formula is C8H17NO. The molecule has 1 rings (SSSR count). The van der Waals surface area contributed by atoms with Crippen molar-refractivity contribution in [3.8, 4) is 0 Å². The van der Waals surface area contributed by atoms with E-state index in [1.54, 1.807) is 0 Å². The zero-order chi connectivity index (χ0) is 7.56. The Bertz CT molecular complexity index is 103. The molecule has 0 saturated carbocycles. The third-order valence-corrected chi connectivity index (χ3v) is 2.12. The number of rotatable bonds is 2. The Labute approximate surface area is 63.2 Å². The Hall–Kier alpha value is -0.0800. The van der Waals surface area contributed by atoms with Crippen molar-refractivity contribution >= 4 is 0 Å². The van der Waals surface area contributed by atoms with Crippen LogP contribution in [0.3, 0.4) is 0 Å². The summed E-state index contributed by atoms with van der Waals surface area (Å²) in [6.07, 6.45) is 0. The minimum Gasteiger partial charge on any atom is -0.381 e. The second-order valence-corrected chi connectivity index (χ2v) is 3.54. The van der Waals surface area contributed by atoms with Gasteiger partial charge in [-0.1, -0.05) is 6.92 Å². The molecule has 10 heavy (non-hydrogen) atoms. The van der Waals surface area contributed by atoms with Gasteiger partial charge in [-0.25, -0.2) is 0 Å². The van der Waals surface area contributed by atoms with Crippen molar-refractivity contribution in [2.24, 2.45) is 11.8 Å². The average molecular weight is 143 g/mol. The first-order valence-corrected chi connectivity index (χ1v) is 3.92. The molecule has 2 unspecified atom stereocenters. The van der Waals surface area contributed by atoms with Gasteiger partial charge in [0, 0.05) is 13.2 Å². The molecule has 1 heterocycles. The summed E-state index contributed by atoms with van der Waals surface area (Å²) < 4.78 is 5.34. The predicted octanol–water partition coefficient (Wildman–Crippen LogP) is 0.831. The fraction of sp³-hybridized carbons (Fsp3) is 1.00. The third kappa shape index (κ3) is 1.96. The van der Waals surface area contributed by atoms with Crippen LogP contribution in [0.1, 0.15) is 6.92 Å². The van der Waals surface area contributed by atoms with Crippen LogP contribution in [0, 0.1) is 11.8 Å². The smallest absolute Gasteiger partial charge is 0.0510 e. The molecule has 0 aromatic rings. The summed E-state index contributed by atoms with van der Waals surface area (Å²) in [5.74, 6) is 1.51. The van der Waals surface area contributed by atoms with Crippen LogP contribution in [0.15, 0.2) is 0 Å². The lowest BCUT2D eigenvalue weighted by molar-refractivity contribution is 0.176. The standard InChI is InChI=1S/C8H17NO/c1-7-5-10-6-8(7)4-9(2)3/h7-8H,4-6H2,1-3H3. The van der Waals surface area contributed by atoms with Crippen LogP contribution in [-0.2, 0) is 4.74 Å². The van der Waals surface area contributed by atoms with Crippen LogP contribution in [0.2, 0.25) is 0 Å². The molecule has 0 spiro atoms. The van der Waals surface area contributed by atoms with Gasteiger partial charge in [0.25, 0.3) is 0 Å². The maximum absolute atomic E-state index is 5.34. The quantitative estimate of drug-likeness (QED) is 0.567. The number of nitrogens with zero attached hydrogens (tertiary/aromatic N) is 1. The van der Waals surface area contributed by atoms with Gasteiger partial charge in [0.2, 0.25) is 0 Å². The summed E-state index contributed by atoms with van der Waals surface area (Å²) in [7, 11) is 4.23. The van der Waals surface area contributed by atoms with Crippen molar-refractivity contribution in [1.82, 2.24) is 4.90 Å². The SMILES string of the molecule is CC1COCC1CN(C)C. The van der Waals surface area contributed by atoms with E-state index in [9.17, 15) is 0 Å². The van der Waals surface area contributed by atoms with Gasteiger partial charge in [-0.15, -0.1) is 0 Å². The molecule has 1 fully saturated rings. The van der Waals surface area contributed by atoms with Gasteiger partial charge < -0.3 is 9.64 Å². The molecule has 2 atom stereocenters. The largest absolute Gasteiger partial charge is 0.381 e. The zero-order valence-electron chi connectivity index (χ0n) is 7.13. The molecule has 0 bridgehead atoms. The Morgan fingerprint density at radius 2 is 2.10 bits per heavy atom. The highest BCUT2D eigenvalue weighted by Crippen LogP contribution is 2.19. The monoisotopic (exact) mass is 143 g/mol. The minimum absolute atomic E-state index is 0.752. The molecule has 2 heteroatoms. The minimum atomic E-state index is 0.752. The average Bonchev–Trinajstić information content (AvgIpc) is 2.15. The van der Waals surface area contributed by atoms with Crippen LogP contribution in [0.25, 0.3) is 0 Å². The van der Waals surface area contributed by atoms with Gasteiger partial charge in [-0.3, -0.25) is 0 Å². The van der Waals surface area contributed by atoms with Gasteiger partial charge in [0.15, 0.2) is 0 Å². The van der Waals surface area contributed by atoms with E-state index in [1.807, 2.05) is 0 Å². The number of hydrogen-bond acceptors (Lipinski definition) is 2. The lowest BCUT2D eigenvalue weighted by atomic mass is 9.98. The second kappa shape index (κ2) is 3.35. The van der Waals surface area contributed by atoms with E-state index in [0.29, 0.717) is 0 Å². The van der Waals surface area contributed by atoms with Gasteiger partial charge in [0.1, 0.15) is 0 Å². The second-order valence-electron chi connectivity index (χ2n) is 3.54. The summed E-state index contributed by atoms with van der Waals surface area (Å²) >= 11 is 0. The number of hydrogen-bond donors (Lipinski definition) is 0. The van der Waals surface area contributed by atoms with Crippen molar-refractivity contribution in [1.29, 1.82) is 0 Å². The Balaban J connectivity index is 2.26. The zero-order valence-corrected chi connectivity index (χ0v) is 7.13. The fourth-order valence-electron chi connectivity index (χ4n) is 1.41. The molecule has 2 nitrogen and oxygen atoms in total. The third-order valence-electron chi connectivity index (χ3n) is 2.12. The molecule has 0 amide bonds.